The number of rotatable bonds is 6. The van der Waals surface area contributed by atoms with Gasteiger partial charge in [-0.05, 0) is 18.1 Å². The van der Waals surface area contributed by atoms with Gasteiger partial charge in [-0.15, -0.1) is 0 Å². The summed E-state index contributed by atoms with van der Waals surface area (Å²) in [6.45, 7) is 2.26. The number of aromatic nitrogens is 1. The van der Waals surface area contributed by atoms with Gasteiger partial charge in [-0.2, -0.15) is 0 Å². The molecule has 2 rings (SSSR count). The van der Waals surface area contributed by atoms with Crippen LogP contribution >= 0.6 is 0 Å². The molecule has 0 amide bonds. The fraction of sp³-hybridized carbons (Fsp3) is 0.308. The lowest BCUT2D eigenvalue weighted by molar-refractivity contribution is 0.377. The number of nitrogens with zero attached hydrogens (tertiary/aromatic N) is 1. The average Bonchev–Trinajstić information content (AvgIpc) is 2.82. The summed E-state index contributed by atoms with van der Waals surface area (Å²) in [4.78, 5) is 0. The second kappa shape index (κ2) is 6.17. The van der Waals surface area contributed by atoms with Gasteiger partial charge in [0.05, 0.1) is 18.0 Å². The number of nitrogens with two attached hydrogens (primary N) is 1. The summed E-state index contributed by atoms with van der Waals surface area (Å²) in [5, 5.41) is 3.70. The van der Waals surface area contributed by atoms with E-state index < -0.39 is 10.0 Å². The van der Waals surface area contributed by atoms with Crippen molar-refractivity contribution in [3.63, 3.8) is 0 Å². The van der Waals surface area contributed by atoms with Crippen molar-refractivity contribution in [1.29, 1.82) is 0 Å². The number of nitrogens with one attached hydrogen (secondary N) is 1. The SMILES string of the molecule is Cc1cc(CNS(=O)(=O)Cc2cccc(CN)c2)on1. The topological polar surface area (TPSA) is 98.2 Å². The molecule has 0 fully saturated rings. The zero-order chi connectivity index (χ0) is 14.6. The van der Waals surface area contributed by atoms with Crippen LogP contribution in [-0.4, -0.2) is 13.6 Å². The van der Waals surface area contributed by atoms with Crippen molar-refractivity contribution < 1.29 is 12.9 Å². The van der Waals surface area contributed by atoms with Gasteiger partial charge in [0.15, 0.2) is 5.76 Å². The minimum absolute atomic E-state index is 0.0893. The minimum Gasteiger partial charge on any atom is -0.360 e. The molecule has 0 aliphatic rings. The molecule has 0 saturated heterocycles. The van der Waals surface area contributed by atoms with Crippen LogP contribution in [0.25, 0.3) is 0 Å². The Balaban J connectivity index is 1.99. The molecular formula is C13H17N3O3S. The van der Waals surface area contributed by atoms with Crippen LogP contribution in [0.4, 0.5) is 0 Å². The van der Waals surface area contributed by atoms with E-state index in [4.69, 9.17) is 10.3 Å². The van der Waals surface area contributed by atoms with Gasteiger partial charge < -0.3 is 10.3 Å². The quantitative estimate of drug-likeness (QED) is 0.830. The summed E-state index contributed by atoms with van der Waals surface area (Å²) in [5.41, 5.74) is 7.86. The van der Waals surface area contributed by atoms with Gasteiger partial charge in [-0.1, -0.05) is 29.4 Å². The zero-order valence-corrected chi connectivity index (χ0v) is 12.0. The van der Waals surface area contributed by atoms with Crippen molar-refractivity contribution in [2.45, 2.75) is 25.8 Å². The van der Waals surface area contributed by atoms with E-state index in [1.807, 2.05) is 6.07 Å². The van der Waals surface area contributed by atoms with Crippen molar-refractivity contribution in [2.24, 2.45) is 5.73 Å². The van der Waals surface area contributed by atoms with Gasteiger partial charge in [0.1, 0.15) is 0 Å². The van der Waals surface area contributed by atoms with Gasteiger partial charge in [0, 0.05) is 12.6 Å². The van der Waals surface area contributed by atoms with Crippen molar-refractivity contribution in [3.8, 4) is 0 Å². The Bertz CT molecular complexity index is 680. The van der Waals surface area contributed by atoms with Crippen molar-refractivity contribution in [2.75, 3.05) is 0 Å². The number of hydrogen-bond donors (Lipinski definition) is 2. The van der Waals surface area contributed by atoms with Crippen LogP contribution in [0.3, 0.4) is 0 Å². The molecule has 0 atom stereocenters. The first-order valence-corrected chi connectivity index (χ1v) is 7.81. The van der Waals surface area contributed by atoms with Crippen molar-refractivity contribution >= 4 is 10.0 Å². The first-order valence-electron chi connectivity index (χ1n) is 6.16. The lowest BCUT2D eigenvalue weighted by atomic mass is 10.1. The fourth-order valence-electron chi connectivity index (χ4n) is 1.80. The third kappa shape index (κ3) is 4.16. The molecule has 1 aromatic carbocycles. The molecule has 2 aromatic rings. The van der Waals surface area contributed by atoms with Gasteiger partial charge in [-0.25, -0.2) is 13.1 Å². The maximum absolute atomic E-state index is 12.0. The van der Waals surface area contributed by atoms with E-state index in [9.17, 15) is 8.42 Å². The van der Waals surface area contributed by atoms with Crippen LogP contribution in [0.1, 0.15) is 22.6 Å². The largest absolute Gasteiger partial charge is 0.360 e. The maximum Gasteiger partial charge on any atom is 0.216 e. The molecule has 3 N–H and O–H groups in total. The van der Waals surface area contributed by atoms with E-state index in [-0.39, 0.29) is 12.3 Å². The van der Waals surface area contributed by atoms with Crippen LogP contribution in [0.2, 0.25) is 0 Å². The predicted octanol–water partition coefficient (Wildman–Crippen LogP) is 1.06. The molecular weight excluding hydrogens is 278 g/mol. The van der Waals surface area contributed by atoms with Gasteiger partial charge >= 0.3 is 0 Å². The summed E-state index contributed by atoms with van der Waals surface area (Å²) in [6, 6.07) is 8.90. The lowest BCUT2D eigenvalue weighted by Crippen LogP contribution is -2.24. The van der Waals surface area contributed by atoms with Crippen LogP contribution in [-0.2, 0) is 28.9 Å². The molecule has 0 radical (unpaired) electrons. The summed E-state index contributed by atoms with van der Waals surface area (Å²) in [5.74, 6) is 0.398. The molecule has 6 nitrogen and oxygen atoms in total. The standard InChI is InChI=1S/C13H17N3O3S/c1-10-5-13(19-16-10)8-15-20(17,18)9-12-4-2-3-11(6-12)7-14/h2-6,15H,7-9,14H2,1H3. The lowest BCUT2D eigenvalue weighted by Gasteiger charge is -2.06. The van der Waals surface area contributed by atoms with Crippen molar-refractivity contribution in [3.05, 3.63) is 52.9 Å². The summed E-state index contributed by atoms with van der Waals surface area (Å²) in [6.07, 6.45) is 0. The second-order valence-electron chi connectivity index (χ2n) is 4.54. The molecule has 0 spiro atoms. The van der Waals surface area contributed by atoms with E-state index in [0.29, 0.717) is 17.9 Å². The number of hydrogen-bond acceptors (Lipinski definition) is 5. The Morgan fingerprint density at radius 3 is 2.70 bits per heavy atom. The molecule has 7 heteroatoms. The van der Waals surface area contributed by atoms with E-state index >= 15 is 0 Å². The Labute approximate surface area is 118 Å². The van der Waals surface area contributed by atoms with Crippen LogP contribution < -0.4 is 10.5 Å². The molecule has 108 valence electrons. The summed E-state index contributed by atoms with van der Waals surface area (Å²) < 4.78 is 31.4. The molecule has 1 heterocycles. The monoisotopic (exact) mass is 295 g/mol. The Kier molecular flexibility index (Phi) is 4.53. The molecule has 1 aromatic heterocycles. The Morgan fingerprint density at radius 2 is 2.05 bits per heavy atom. The molecule has 0 aliphatic heterocycles. The molecule has 0 unspecified atom stereocenters. The highest BCUT2D eigenvalue weighted by atomic mass is 32.2. The highest BCUT2D eigenvalue weighted by Gasteiger charge is 2.13. The second-order valence-corrected chi connectivity index (χ2v) is 6.35. The van der Waals surface area contributed by atoms with E-state index in [1.165, 1.54) is 0 Å². The molecule has 0 bridgehead atoms. The van der Waals surface area contributed by atoms with E-state index in [0.717, 1.165) is 11.3 Å². The van der Waals surface area contributed by atoms with E-state index in [2.05, 4.69) is 9.88 Å². The van der Waals surface area contributed by atoms with Crippen LogP contribution in [0.5, 0.6) is 0 Å². The number of sulfonamides is 1. The first-order chi connectivity index (χ1) is 9.48. The highest BCUT2D eigenvalue weighted by molar-refractivity contribution is 7.88. The van der Waals surface area contributed by atoms with Crippen molar-refractivity contribution in [1.82, 2.24) is 9.88 Å². The predicted molar refractivity (Wildman–Crippen MR) is 75.0 cm³/mol. The van der Waals surface area contributed by atoms with Gasteiger partial charge in [-0.3, -0.25) is 0 Å². The average molecular weight is 295 g/mol. The molecule has 0 saturated carbocycles. The zero-order valence-electron chi connectivity index (χ0n) is 11.2. The fourth-order valence-corrected chi connectivity index (χ4v) is 2.88. The third-order valence-electron chi connectivity index (χ3n) is 2.73. The number of benzene rings is 1. The highest BCUT2D eigenvalue weighted by Crippen LogP contribution is 2.09. The van der Waals surface area contributed by atoms with E-state index in [1.54, 1.807) is 31.2 Å². The normalized spacial score (nSPS) is 11.7. The third-order valence-corrected chi connectivity index (χ3v) is 4.02. The first kappa shape index (κ1) is 14.7. The van der Waals surface area contributed by atoms with Crippen LogP contribution in [0, 0.1) is 6.92 Å². The smallest absolute Gasteiger partial charge is 0.216 e. The van der Waals surface area contributed by atoms with Gasteiger partial charge in [0.2, 0.25) is 10.0 Å². The molecule has 20 heavy (non-hydrogen) atoms. The van der Waals surface area contributed by atoms with Crippen LogP contribution in [0.15, 0.2) is 34.9 Å². The minimum atomic E-state index is -3.43. The Hall–Kier alpha value is -1.70. The van der Waals surface area contributed by atoms with Gasteiger partial charge in [0.25, 0.3) is 0 Å². The Morgan fingerprint density at radius 1 is 1.30 bits per heavy atom. The summed E-state index contributed by atoms with van der Waals surface area (Å²) >= 11 is 0. The maximum atomic E-state index is 12.0. The molecule has 0 aliphatic carbocycles. The number of aryl methyl sites for hydroxylation is 1. The summed E-state index contributed by atoms with van der Waals surface area (Å²) in [7, 11) is -3.43.